The normalized spacial score (nSPS) is 13.5. The van der Waals surface area contributed by atoms with Crippen LogP contribution in [-0.2, 0) is 29.6 Å². The van der Waals surface area contributed by atoms with Gasteiger partial charge in [0.05, 0.1) is 49.5 Å². The molecule has 0 unspecified atom stereocenters. The molecule has 4 aromatic rings. The van der Waals surface area contributed by atoms with Crippen molar-refractivity contribution < 1.29 is 28.2 Å². The zero-order valence-corrected chi connectivity index (χ0v) is 25.5. The second-order valence-corrected chi connectivity index (χ2v) is 12.5. The van der Waals surface area contributed by atoms with Crippen LogP contribution in [0.25, 0.3) is 0 Å². The van der Waals surface area contributed by atoms with Crippen LogP contribution < -0.4 is 14.9 Å². The van der Waals surface area contributed by atoms with Gasteiger partial charge in [-0.1, -0.05) is 65.9 Å². The molecule has 1 aromatic heterocycles. The van der Waals surface area contributed by atoms with Crippen LogP contribution >= 0.6 is 0 Å². The van der Waals surface area contributed by atoms with Crippen LogP contribution in [-0.4, -0.2) is 70.9 Å². The molecule has 2 amide bonds. The third kappa shape index (κ3) is 8.49. The van der Waals surface area contributed by atoms with Gasteiger partial charge in [-0.3, -0.25) is 13.9 Å². The van der Waals surface area contributed by atoms with Crippen LogP contribution in [0.2, 0.25) is 0 Å². The van der Waals surface area contributed by atoms with E-state index in [2.05, 4.69) is 20.9 Å². The first-order valence-corrected chi connectivity index (χ1v) is 15.8. The topological polar surface area (TPSA) is 167 Å². The van der Waals surface area contributed by atoms with Crippen LogP contribution in [0.4, 0.5) is 5.69 Å². The average molecular weight is 621 g/mol. The summed E-state index contributed by atoms with van der Waals surface area (Å²) in [5, 5.41) is 34.0. The minimum absolute atomic E-state index is 0.0212. The zero-order valence-electron chi connectivity index (χ0n) is 24.7. The molecule has 0 spiro atoms. The summed E-state index contributed by atoms with van der Waals surface area (Å²) in [4.78, 5) is 27.1. The van der Waals surface area contributed by atoms with Crippen molar-refractivity contribution in [1.82, 2.24) is 25.6 Å². The molecule has 12 nitrogen and oxygen atoms in total. The zero-order chi connectivity index (χ0) is 31.9. The van der Waals surface area contributed by atoms with Gasteiger partial charge in [0.25, 0.3) is 11.8 Å². The van der Waals surface area contributed by atoms with Gasteiger partial charge in [0.15, 0.2) is 0 Å². The van der Waals surface area contributed by atoms with Crippen molar-refractivity contribution in [1.29, 1.82) is 0 Å². The molecule has 3 aromatic carbocycles. The average Bonchev–Trinajstić information content (AvgIpc) is 3.48. The predicted molar refractivity (Wildman–Crippen MR) is 165 cm³/mol. The quantitative estimate of drug-likeness (QED) is 0.176. The van der Waals surface area contributed by atoms with E-state index in [-0.39, 0.29) is 42.4 Å². The molecule has 4 N–H and O–H groups in total. The second kappa shape index (κ2) is 14.3. The summed E-state index contributed by atoms with van der Waals surface area (Å²) >= 11 is 0. The Morgan fingerprint density at radius 3 is 2.11 bits per heavy atom. The first kappa shape index (κ1) is 32.3. The van der Waals surface area contributed by atoms with Gasteiger partial charge in [-0.2, -0.15) is 0 Å². The van der Waals surface area contributed by atoms with Gasteiger partial charge in [0.1, 0.15) is 5.69 Å². The van der Waals surface area contributed by atoms with E-state index in [1.165, 1.54) is 36.1 Å². The fraction of sp³-hybridized carbons (Fsp3) is 0.290. The largest absolute Gasteiger partial charge is 0.390 e. The third-order valence-electron chi connectivity index (χ3n) is 7.15. The van der Waals surface area contributed by atoms with Gasteiger partial charge < -0.3 is 20.8 Å². The molecule has 13 heteroatoms. The summed E-state index contributed by atoms with van der Waals surface area (Å²) in [6.45, 7) is 1.49. The Labute approximate surface area is 256 Å². The highest BCUT2D eigenvalue weighted by molar-refractivity contribution is 7.92. The number of carbonyl (C=O) groups excluding carboxylic acids is 2. The number of hydrogen-bond donors (Lipinski definition) is 4. The number of amides is 2. The van der Waals surface area contributed by atoms with Gasteiger partial charge in [-0.15, -0.1) is 5.10 Å². The Morgan fingerprint density at radius 2 is 1.55 bits per heavy atom. The molecule has 0 aliphatic rings. The highest BCUT2D eigenvalue weighted by Crippen LogP contribution is 2.22. The third-order valence-corrected chi connectivity index (χ3v) is 8.36. The van der Waals surface area contributed by atoms with Gasteiger partial charge in [0, 0.05) is 18.2 Å². The summed E-state index contributed by atoms with van der Waals surface area (Å²) in [6.07, 6.45) is 1.66. The summed E-state index contributed by atoms with van der Waals surface area (Å²) in [5.41, 5.74) is 2.30. The van der Waals surface area contributed by atoms with E-state index in [1.54, 1.807) is 0 Å². The summed E-state index contributed by atoms with van der Waals surface area (Å²) in [5.74, 6) is -1.11. The van der Waals surface area contributed by atoms with Gasteiger partial charge in [0.2, 0.25) is 10.0 Å². The minimum Gasteiger partial charge on any atom is -0.390 e. The lowest BCUT2D eigenvalue weighted by Gasteiger charge is -2.25. The van der Waals surface area contributed by atoms with E-state index >= 15 is 0 Å². The van der Waals surface area contributed by atoms with E-state index in [9.17, 15) is 28.2 Å². The molecule has 0 saturated heterocycles. The van der Waals surface area contributed by atoms with E-state index in [4.69, 9.17) is 0 Å². The summed E-state index contributed by atoms with van der Waals surface area (Å²) in [6, 6.07) is 21.6. The standard InChI is InChI=1S/C31H36N6O6S/c1-21(23-12-8-5-9-13-23)32-30(40)24-15-25(17-27(16-24)36(2)44(3,42)43)31(41)33-28(14-22-10-6-4-7-11-22)29(39)19-37-18-26(20-38)34-35-37/h4-13,15-18,21,28-29,38-39H,14,19-20H2,1-3H3,(H,32,40)(H,33,41)/t21-,28+,29+/m1/s1. The molecule has 0 saturated carbocycles. The molecule has 0 bridgehead atoms. The number of aliphatic hydroxyl groups is 2. The van der Waals surface area contributed by atoms with Crippen molar-refractivity contribution in [3.63, 3.8) is 0 Å². The Hall–Kier alpha value is -4.59. The number of nitrogens with zero attached hydrogens (tertiary/aromatic N) is 4. The molecule has 4 rings (SSSR count). The van der Waals surface area contributed by atoms with Crippen molar-refractivity contribution in [3.8, 4) is 0 Å². The maximum absolute atomic E-state index is 13.7. The Balaban J connectivity index is 1.64. The van der Waals surface area contributed by atoms with E-state index < -0.39 is 34.0 Å². The number of benzene rings is 3. The minimum atomic E-state index is -3.72. The van der Waals surface area contributed by atoms with Crippen molar-refractivity contribution in [3.05, 3.63) is 113 Å². The van der Waals surface area contributed by atoms with Crippen molar-refractivity contribution >= 4 is 27.5 Å². The maximum Gasteiger partial charge on any atom is 0.251 e. The molecule has 0 aliphatic carbocycles. The van der Waals surface area contributed by atoms with Crippen molar-refractivity contribution in [2.45, 2.75) is 44.7 Å². The molecule has 3 atom stereocenters. The predicted octanol–water partition coefficient (Wildman–Crippen LogP) is 2.06. The number of rotatable bonds is 13. The van der Waals surface area contributed by atoms with Crippen LogP contribution in [0.5, 0.6) is 0 Å². The number of sulfonamides is 1. The van der Waals surface area contributed by atoms with E-state index in [1.807, 2.05) is 67.6 Å². The number of carbonyl (C=O) groups is 2. The monoisotopic (exact) mass is 620 g/mol. The fourth-order valence-corrected chi connectivity index (χ4v) is 5.06. The highest BCUT2D eigenvalue weighted by atomic mass is 32.2. The second-order valence-electron chi connectivity index (χ2n) is 10.5. The molecule has 0 aliphatic heterocycles. The van der Waals surface area contributed by atoms with Crippen molar-refractivity contribution in [2.75, 3.05) is 17.6 Å². The van der Waals surface area contributed by atoms with Crippen LogP contribution in [0.15, 0.2) is 85.1 Å². The van der Waals surface area contributed by atoms with Gasteiger partial charge >= 0.3 is 0 Å². The molecular weight excluding hydrogens is 584 g/mol. The number of nitrogens with one attached hydrogen (secondary N) is 2. The van der Waals surface area contributed by atoms with Gasteiger partial charge in [-0.25, -0.2) is 13.1 Å². The molecule has 232 valence electrons. The Morgan fingerprint density at radius 1 is 0.955 bits per heavy atom. The highest BCUT2D eigenvalue weighted by Gasteiger charge is 2.25. The lowest BCUT2D eigenvalue weighted by Crippen LogP contribution is -2.46. The van der Waals surface area contributed by atoms with Crippen LogP contribution in [0.1, 0.15) is 50.5 Å². The molecular formula is C31H36N6O6S. The first-order chi connectivity index (χ1) is 20.9. The number of aromatic nitrogens is 3. The molecule has 0 radical (unpaired) electrons. The lowest BCUT2D eigenvalue weighted by molar-refractivity contribution is 0.0778. The SMILES string of the molecule is C[C@@H](NC(=O)c1cc(C(=O)N[C@@H](Cc2ccccc2)[C@@H](O)Cn2cc(CO)nn2)cc(N(C)S(C)(=O)=O)c1)c1ccccc1. The summed E-state index contributed by atoms with van der Waals surface area (Å²) < 4.78 is 27.1. The molecule has 1 heterocycles. The van der Waals surface area contributed by atoms with E-state index in [0.717, 1.165) is 21.7 Å². The molecule has 44 heavy (non-hydrogen) atoms. The van der Waals surface area contributed by atoms with Crippen LogP contribution in [0.3, 0.4) is 0 Å². The fourth-order valence-electron chi connectivity index (χ4n) is 4.57. The van der Waals surface area contributed by atoms with Gasteiger partial charge in [-0.05, 0) is 42.7 Å². The Bertz CT molecular complexity index is 1680. The van der Waals surface area contributed by atoms with E-state index in [0.29, 0.717) is 5.69 Å². The Kier molecular flexibility index (Phi) is 10.5. The first-order valence-electron chi connectivity index (χ1n) is 13.9. The molecule has 0 fully saturated rings. The number of anilines is 1. The van der Waals surface area contributed by atoms with Crippen molar-refractivity contribution in [2.24, 2.45) is 0 Å². The lowest BCUT2D eigenvalue weighted by atomic mass is 10.00. The van der Waals surface area contributed by atoms with Crippen LogP contribution in [0, 0.1) is 0 Å². The number of aliphatic hydroxyl groups excluding tert-OH is 2. The maximum atomic E-state index is 13.7. The summed E-state index contributed by atoms with van der Waals surface area (Å²) in [7, 11) is -2.39. The smallest absolute Gasteiger partial charge is 0.251 e. The number of hydrogen-bond acceptors (Lipinski definition) is 8.